The Morgan fingerprint density at radius 3 is 2.85 bits per heavy atom. The Labute approximate surface area is 194 Å². The molecule has 0 radical (unpaired) electrons. The van der Waals surface area contributed by atoms with Gasteiger partial charge in [0.25, 0.3) is 0 Å². The molecule has 0 unspecified atom stereocenters. The Morgan fingerprint density at radius 1 is 1.15 bits per heavy atom. The lowest BCUT2D eigenvalue weighted by atomic mass is 10.1. The Balaban J connectivity index is 1.37. The summed E-state index contributed by atoms with van der Waals surface area (Å²) in [6.07, 6.45) is 3.47. The summed E-state index contributed by atoms with van der Waals surface area (Å²) in [6, 6.07) is 13.7. The third-order valence-corrected chi connectivity index (χ3v) is 5.91. The van der Waals surface area contributed by atoms with E-state index in [0.717, 1.165) is 33.3 Å². The first-order chi connectivity index (χ1) is 16.0. The molecule has 0 saturated carbocycles. The highest BCUT2D eigenvalue weighted by atomic mass is 35.5. The van der Waals surface area contributed by atoms with Crippen LogP contribution in [-0.4, -0.2) is 30.4 Å². The van der Waals surface area contributed by atoms with Crippen molar-refractivity contribution in [3.05, 3.63) is 82.5 Å². The second-order valence-corrected chi connectivity index (χ2v) is 8.44. The van der Waals surface area contributed by atoms with Gasteiger partial charge >= 0.3 is 0 Å². The van der Waals surface area contributed by atoms with E-state index in [2.05, 4.69) is 25.3 Å². The summed E-state index contributed by atoms with van der Waals surface area (Å²) in [7, 11) is 0. The average molecular weight is 460 g/mol. The first-order valence-corrected chi connectivity index (χ1v) is 10.9. The van der Waals surface area contributed by atoms with Gasteiger partial charge in [-0.2, -0.15) is 0 Å². The molecule has 9 heteroatoms. The minimum atomic E-state index is -0.0247. The van der Waals surface area contributed by atoms with Gasteiger partial charge in [-0.3, -0.25) is 4.79 Å². The third kappa shape index (κ3) is 4.25. The Bertz CT molecular complexity index is 1490. The van der Waals surface area contributed by atoms with Gasteiger partial charge in [-0.1, -0.05) is 35.9 Å². The number of H-pyrrole nitrogens is 1. The van der Waals surface area contributed by atoms with Crippen LogP contribution in [0.15, 0.2) is 55.1 Å². The van der Waals surface area contributed by atoms with E-state index < -0.39 is 0 Å². The maximum atomic E-state index is 12.5. The molecule has 3 heterocycles. The van der Waals surface area contributed by atoms with Crippen LogP contribution in [0.1, 0.15) is 22.4 Å². The second-order valence-electron chi connectivity index (χ2n) is 8.01. The number of rotatable bonds is 6. The van der Waals surface area contributed by atoms with E-state index in [1.54, 1.807) is 6.33 Å². The van der Waals surface area contributed by atoms with Crippen molar-refractivity contribution >= 4 is 45.4 Å². The Hall–Kier alpha value is -3.91. The fourth-order valence-corrected chi connectivity index (χ4v) is 4.24. The van der Waals surface area contributed by atoms with Gasteiger partial charge in [-0.15, -0.1) is 0 Å². The van der Waals surface area contributed by atoms with Crippen LogP contribution in [0.2, 0.25) is 5.02 Å². The van der Waals surface area contributed by atoms with Crippen molar-refractivity contribution in [3.63, 3.8) is 0 Å². The van der Waals surface area contributed by atoms with Gasteiger partial charge < -0.3 is 20.6 Å². The number of nitrogen functional groups attached to an aromatic ring is 1. The van der Waals surface area contributed by atoms with Crippen LogP contribution in [-0.2, 0) is 24.3 Å². The van der Waals surface area contributed by atoms with Gasteiger partial charge in [-0.05, 0) is 41.8 Å². The average Bonchev–Trinajstić information content (AvgIpc) is 3.39. The van der Waals surface area contributed by atoms with Crippen LogP contribution in [0.4, 0.5) is 5.82 Å². The van der Waals surface area contributed by atoms with E-state index in [9.17, 15) is 4.79 Å². The smallest absolute Gasteiger partial charge is 0.224 e. The lowest BCUT2D eigenvalue weighted by Gasteiger charge is -2.07. The maximum absolute atomic E-state index is 12.5. The standard InChI is InChI=1S/C24H22ClN7O/c1-14-4-2-3-5-15(14)9-20(33)27-10-19-8-16-6-18(25)7-17(21(16)31-19)11-32-13-30-22-23(26)28-12-29-24(22)32/h2-8,12-13,31H,9-11H2,1H3,(H,27,33)(H2,26,28,29). The third-order valence-electron chi connectivity index (χ3n) is 5.69. The van der Waals surface area contributed by atoms with Crippen molar-refractivity contribution in [2.45, 2.75) is 26.4 Å². The van der Waals surface area contributed by atoms with Crippen LogP contribution >= 0.6 is 11.6 Å². The number of aromatic nitrogens is 5. The number of halogens is 1. The summed E-state index contributed by atoms with van der Waals surface area (Å²) in [5.74, 6) is 0.321. The molecule has 166 valence electrons. The van der Waals surface area contributed by atoms with Crippen molar-refractivity contribution < 1.29 is 4.79 Å². The van der Waals surface area contributed by atoms with E-state index >= 15 is 0 Å². The summed E-state index contributed by atoms with van der Waals surface area (Å²) in [6.45, 7) is 2.91. The second kappa shape index (κ2) is 8.55. The van der Waals surface area contributed by atoms with Crippen LogP contribution in [0.3, 0.4) is 0 Å². The number of hydrogen-bond acceptors (Lipinski definition) is 5. The molecule has 0 aliphatic carbocycles. The molecule has 33 heavy (non-hydrogen) atoms. The molecule has 2 aromatic carbocycles. The number of aromatic amines is 1. The van der Waals surface area contributed by atoms with E-state index in [1.807, 2.05) is 54.0 Å². The van der Waals surface area contributed by atoms with E-state index in [1.165, 1.54) is 6.33 Å². The van der Waals surface area contributed by atoms with E-state index in [-0.39, 0.29) is 5.91 Å². The molecule has 0 bridgehead atoms. The number of nitrogens with one attached hydrogen (secondary N) is 2. The molecule has 1 amide bonds. The highest BCUT2D eigenvalue weighted by Crippen LogP contribution is 2.26. The molecule has 0 aliphatic heterocycles. The summed E-state index contributed by atoms with van der Waals surface area (Å²) in [4.78, 5) is 28.5. The molecule has 0 spiro atoms. The zero-order valence-electron chi connectivity index (χ0n) is 18.0. The molecular weight excluding hydrogens is 438 g/mol. The van der Waals surface area contributed by atoms with Gasteiger partial charge in [0.05, 0.1) is 31.4 Å². The van der Waals surface area contributed by atoms with E-state index in [4.69, 9.17) is 17.3 Å². The van der Waals surface area contributed by atoms with Gasteiger partial charge in [0, 0.05) is 16.1 Å². The van der Waals surface area contributed by atoms with Crippen LogP contribution < -0.4 is 11.1 Å². The van der Waals surface area contributed by atoms with Crippen LogP contribution in [0, 0.1) is 6.92 Å². The molecule has 0 aliphatic rings. The van der Waals surface area contributed by atoms with Gasteiger partial charge in [0.1, 0.15) is 11.8 Å². The number of nitrogens with zero attached hydrogens (tertiary/aromatic N) is 4. The molecule has 0 saturated heterocycles. The van der Waals surface area contributed by atoms with Crippen molar-refractivity contribution in [3.8, 4) is 0 Å². The largest absolute Gasteiger partial charge is 0.382 e. The first-order valence-electron chi connectivity index (χ1n) is 10.5. The topological polar surface area (TPSA) is 115 Å². The Kier molecular flexibility index (Phi) is 5.43. The van der Waals surface area contributed by atoms with E-state index in [0.29, 0.717) is 41.5 Å². The SMILES string of the molecule is Cc1ccccc1CC(=O)NCc1cc2cc(Cl)cc(Cn3cnc4c(N)ncnc43)c2[nH]1. The van der Waals surface area contributed by atoms with Crippen LogP contribution in [0.25, 0.3) is 22.1 Å². The fraction of sp³-hybridized carbons (Fsp3) is 0.167. The molecule has 0 fully saturated rings. The number of carbonyl (C=O) groups excluding carboxylic acids is 1. The van der Waals surface area contributed by atoms with Crippen molar-refractivity contribution in [2.75, 3.05) is 5.73 Å². The lowest BCUT2D eigenvalue weighted by Crippen LogP contribution is -2.25. The number of carbonyl (C=O) groups is 1. The highest BCUT2D eigenvalue weighted by molar-refractivity contribution is 6.31. The number of anilines is 1. The summed E-state index contributed by atoms with van der Waals surface area (Å²) < 4.78 is 1.91. The lowest BCUT2D eigenvalue weighted by molar-refractivity contribution is -0.120. The first kappa shape index (κ1) is 21.0. The number of amides is 1. The number of imidazole rings is 1. The molecule has 0 atom stereocenters. The van der Waals surface area contributed by atoms with Crippen molar-refractivity contribution in [2.24, 2.45) is 0 Å². The fourth-order valence-electron chi connectivity index (χ4n) is 3.99. The summed E-state index contributed by atoms with van der Waals surface area (Å²) in [5.41, 5.74) is 12.1. The van der Waals surface area contributed by atoms with Gasteiger partial charge in [0.2, 0.25) is 5.91 Å². The predicted octanol–water partition coefficient (Wildman–Crippen LogP) is 3.76. The summed E-state index contributed by atoms with van der Waals surface area (Å²) >= 11 is 6.40. The predicted molar refractivity (Wildman–Crippen MR) is 129 cm³/mol. The van der Waals surface area contributed by atoms with Gasteiger partial charge in [0.15, 0.2) is 11.5 Å². The minimum absolute atomic E-state index is 0.0247. The highest BCUT2D eigenvalue weighted by Gasteiger charge is 2.13. The summed E-state index contributed by atoms with van der Waals surface area (Å²) in [5, 5.41) is 4.60. The zero-order valence-corrected chi connectivity index (χ0v) is 18.7. The number of nitrogens with two attached hydrogens (primary N) is 1. The molecule has 8 nitrogen and oxygen atoms in total. The molecule has 5 rings (SSSR count). The van der Waals surface area contributed by atoms with Gasteiger partial charge in [-0.25, -0.2) is 15.0 Å². The number of hydrogen-bond donors (Lipinski definition) is 3. The van der Waals surface area contributed by atoms with Crippen molar-refractivity contribution in [1.82, 2.24) is 29.8 Å². The number of benzene rings is 2. The monoisotopic (exact) mass is 459 g/mol. The van der Waals surface area contributed by atoms with Crippen LogP contribution in [0.5, 0.6) is 0 Å². The molecule has 4 N–H and O–H groups in total. The quantitative estimate of drug-likeness (QED) is 0.357. The Morgan fingerprint density at radius 2 is 2.00 bits per heavy atom. The minimum Gasteiger partial charge on any atom is -0.382 e. The number of aryl methyl sites for hydroxylation is 1. The number of fused-ring (bicyclic) bond motifs is 2. The normalized spacial score (nSPS) is 11.3. The zero-order chi connectivity index (χ0) is 22.9. The molecule has 5 aromatic rings. The van der Waals surface area contributed by atoms with Crippen molar-refractivity contribution in [1.29, 1.82) is 0 Å². The maximum Gasteiger partial charge on any atom is 0.224 e. The molecule has 3 aromatic heterocycles. The molecular formula is C24H22ClN7O.